The van der Waals surface area contributed by atoms with Gasteiger partial charge in [-0.15, -0.1) is 0 Å². The van der Waals surface area contributed by atoms with E-state index in [0.29, 0.717) is 0 Å². The average molecular weight is 1240 g/mol. The molecule has 0 aromatic heterocycles. The van der Waals surface area contributed by atoms with Crippen LogP contribution in [-0.4, -0.2) is 0 Å². The molecule has 0 atom stereocenters. The summed E-state index contributed by atoms with van der Waals surface area (Å²) in [6.45, 7) is 2.16. The lowest BCUT2D eigenvalue weighted by atomic mass is 9.87. The Kier molecular flexibility index (Phi) is 15.2. The van der Waals surface area contributed by atoms with E-state index >= 15 is 0 Å². The van der Waals surface area contributed by atoms with Gasteiger partial charge in [-0.1, -0.05) is 315 Å². The van der Waals surface area contributed by atoms with Crippen LogP contribution in [0.1, 0.15) is 5.56 Å². The maximum atomic E-state index is 2.48. The fourth-order valence-electron chi connectivity index (χ4n) is 14.5. The Balaban J connectivity index is 0.787. The predicted octanol–water partition coefficient (Wildman–Crippen LogP) is 26.8. The molecule has 0 amide bonds. The summed E-state index contributed by atoms with van der Waals surface area (Å²) in [5, 5.41) is 7.47. The van der Waals surface area contributed by atoms with E-state index in [1.165, 1.54) is 76.8 Å². The van der Waals surface area contributed by atoms with Gasteiger partial charge in [0.05, 0.1) is 11.4 Å². The van der Waals surface area contributed by atoms with Crippen molar-refractivity contribution in [3.05, 3.63) is 388 Å². The van der Waals surface area contributed by atoms with E-state index < -0.39 is 0 Å². The Bertz CT molecular complexity index is 5480. The van der Waals surface area contributed by atoms with Crippen molar-refractivity contribution in [2.24, 2.45) is 0 Å². The zero-order valence-corrected chi connectivity index (χ0v) is 53.8. The lowest BCUT2D eigenvalue weighted by Crippen LogP contribution is -2.13. The minimum absolute atomic E-state index is 1.06. The molecule has 0 fully saturated rings. The van der Waals surface area contributed by atoms with Crippen LogP contribution in [0.2, 0.25) is 0 Å². The number of rotatable bonds is 15. The van der Waals surface area contributed by atoms with Crippen molar-refractivity contribution in [1.82, 2.24) is 0 Å². The highest BCUT2D eigenvalue weighted by atomic mass is 15.2. The fraction of sp³-hybridized carbons (Fsp3) is 0.0105. The molecular weight excluding hydrogens is 1170 g/mol. The monoisotopic (exact) mass is 1230 g/mol. The van der Waals surface area contributed by atoms with Crippen LogP contribution < -0.4 is 9.80 Å². The molecule has 2 nitrogen and oxygen atoms in total. The summed E-state index contributed by atoms with van der Waals surface area (Å²) in [7, 11) is 0. The third kappa shape index (κ3) is 11.1. The molecule has 0 heterocycles. The second-order valence-electron chi connectivity index (χ2n) is 25.2. The van der Waals surface area contributed by atoms with Gasteiger partial charge in [0.25, 0.3) is 0 Å². The van der Waals surface area contributed by atoms with Crippen molar-refractivity contribution >= 4 is 66.4 Å². The second kappa shape index (κ2) is 25.4. The highest BCUT2D eigenvalue weighted by molar-refractivity contribution is 6.27. The van der Waals surface area contributed by atoms with E-state index in [1.807, 2.05) is 0 Å². The molecule has 17 aromatic carbocycles. The molecule has 0 unspecified atom stereocenters. The Labute approximate surface area is 567 Å². The van der Waals surface area contributed by atoms with Gasteiger partial charge in [0.2, 0.25) is 0 Å². The third-order valence-corrected chi connectivity index (χ3v) is 19.3. The summed E-state index contributed by atoms with van der Waals surface area (Å²) < 4.78 is 0. The van der Waals surface area contributed by atoms with Crippen molar-refractivity contribution in [3.8, 4) is 100 Å². The quantitative estimate of drug-likeness (QED) is 0.0944. The summed E-state index contributed by atoms with van der Waals surface area (Å²) in [4.78, 5) is 4.94. The molecule has 0 radical (unpaired) electrons. The molecular formula is C95H66N2. The number of hydrogen-bond donors (Lipinski definition) is 0. The second-order valence-corrected chi connectivity index (χ2v) is 25.2. The lowest BCUT2D eigenvalue weighted by molar-refractivity contribution is 1.28. The number of aryl methyl sites for hydroxylation is 1. The maximum absolute atomic E-state index is 2.48. The normalized spacial score (nSPS) is 11.4. The summed E-state index contributed by atoms with van der Waals surface area (Å²) in [6.07, 6.45) is 0. The highest BCUT2D eigenvalue weighted by Crippen LogP contribution is 2.52. The van der Waals surface area contributed by atoms with Gasteiger partial charge >= 0.3 is 0 Å². The van der Waals surface area contributed by atoms with Crippen LogP contribution in [0.25, 0.3) is 132 Å². The first-order valence-electron chi connectivity index (χ1n) is 33.5. The standard InChI is InChI=1S/C95H66N2/c1-65-37-49-80(50-38-65)96(94-88(70-29-15-5-16-30-70)61-78(67-25-11-3-12-26-67)62-89(94)71-31-17-6-18-32-71)82-53-41-74(42-54-82)84-57-45-76-48-60-87-85(58-46-77-47-59-86(84)92(76)93(77)87)75-43-55-83(56-44-75)97(81-51-39-69(40-52-81)66-23-9-2-10-24-66)95-90(72-33-19-7-20-34-72)63-79(68-27-13-4-14-28-68)64-91(95)73-35-21-8-22-36-73/h2-64H,1H3. The Hall–Kier alpha value is -12.6. The Morgan fingerprint density at radius 1 is 0.175 bits per heavy atom. The van der Waals surface area contributed by atoms with Crippen LogP contribution in [0.3, 0.4) is 0 Å². The van der Waals surface area contributed by atoms with Gasteiger partial charge in [0.1, 0.15) is 0 Å². The molecule has 0 spiro atoms. The van der Waals surface area contributed by atoms with E-state index in [2.05, 4.69) is 399 Å². The van der Waals surface area contributed by atoms with Gasteiger partial charge in [0.15, 0.2) is 0 Å². The van der Waals surface area contributed by atoms with E-state index in [1.54, 1.807) is 0 Å². The van der Waals surface area contributed by atoms with Crippen LogP contribution in [0.15, 0.2) is 382 Å². The smallest absolute Gasteiger partial charge is 0.0618 e. The van der Waals surface area contributed by atoms with Crippen LogP contribution in [-0.2, 0) is 0 Å². The first-order valence-corrected chi connectivity index (χ1v) is 33.5. The molecule has 456 valence electrons. The number of benzene rings is 17. The molecule has 0 aliphatic rings. The van der Waals surface area contributed by atoms with Crippen LogP contribution in [0.5, 0.6) is 0 Å². The van der Waals surface area contributed by atoms with Gasteiger partial charge in [-0.2, -0.15) is 0 Å². The first-order chi connectivity index (χ1) is 48.0. The van der Waals surface area contributed by atoms with Gasteiger partial charge in [0, 0.05) is 45.0 Å². The molecule has 2 heteroatoms. The minimum atomic E-state index is 1.06. The molecule has 0 aliphatic heterocycles. The molecule has 0 bridgehead atoms. The van der Waals surface area contributed by atoms with Crippen molar-refractivity contribution < 1.29 is 0 Å². The Morgan fingerprint density at radius 2 is 0.402 bits per heavy atom. The van der Waals surface area contributed by atoms with Gasteiger partial charge < -0.3 is 9.80 Å². The van der Waals surface area contributed by atoms with Gasteiger partial charge in [-0.3, -0.25) is 0 Å². The molecule has 17 rings (SSSR count). The van der Waals surface area contributed by atoms with Crippen molar-refractivity contribution in [1.29, 1.82) is 0 Å². The first kappa shape index (κ1) is 58.2. The number of anilines is 6. The molecule has 17 aromatic rings. The summed E-state index contributed by atoms with van der Waals surface area (Å²) >= 11 is 0. The largest absolute Gasteiger partial charge is 0.309 e. The lowest BCUT2D eigenvalue weighted by Gasteiger charge is -2.31. The fourth-order valence-corrected chi connectivity index (χ4v) is 14.5. The zero-order chi connectivity index (χ0) is 64.6. The molecule has 0 saturated heterocycles. The van der Waals surface area contributed by atoms with E-state index in [9.17, 15) is 0 Å². The van der Waals surface area contributed by atoms with E-state index in [0.717, 1.165) is 95.3 Å². The molecule has 0 N–H and O–H groups in total. The SMILES string of the molecule is Cc1ccc(N(c2ccc(-c3ccc4ccc5c(-c6ccc(N(c7ccc(-c8ccccc8)cc7)c7c(-c8ccccc8)cc(-c8ccccc8)cc7-c7ccccc7)cc6)ccc6ccc3c4c65)cc2)c2c(-c3ccccc3)cc(-c3ccccc3)cc2-c2ccccc2)cc1. The molecule has 0 saturated carbocycles. The summed E-state index contributed by atoms with van der Waals surface area (Å²) in [6, 6.07) is 140. The van der Waals surface area contributed by atoms with Crippen LogP contribution >= 0.6 is 0 Å². The van der Waals surface area contributed by atoms with Crippen molar-refractivity contribution in [2.75, 3.05) is 9.80 Å². The van der Waals surface area contributed by atoms with Gasteiger partial charge in [-0.05, 0) is 190 Å². The van der Waals surface area contributed by atoms with Crippen LogP contribution in [0, 0.1) is 6.92 Å². The van der Waals surface area contributed by atoms with Crippen molar-refractivity contribution in [2.45, 2.75) is 6.92 Å². The molecule has 0 aliphatic carbocycles. The number of hydrogen-bond acceptors (Lipinski definition) is 2. The summed E-state index contributed by atoms with van der Waals surface area (Å²) in [5.41, 5.74) is 28.6. The predicted molar refractivity (Wildman–Crippen MR) is 413 cm³/mol. The topological polar surface area (TPSA) is 6.48 Å². The van der Waals surface area contributed by atoms with Gasteiger partial charge in [-0.25, -0.2) is 0 Å². The van der Waals surface area contributed by atoms with E-state index in [4.69, 9.17) is 0 Å². The van der Waals surface area contributed by atoms with Crippen molar-refractivity contribution in [3.63, 3.8) is 0 Å². The number of nitrogens with zero attached hydrogens (tertiary/aromatic N) is 2. The molecule has 97 heavy (non-hydrogen) atoms. The highest BCUT2D eigenvalue weighted by Gasteiger charge is 2.27. The van der Waals surface area contributed by atoms with E-state index in [-0.39, 0.29) is 0 Å². The average Bonchev–Trinajstić information content (AvgIpc) is 0.739. The Morgan fingerprint density at radius 3 is 0.701 bits per heavy atom. The minimum Gasteiger partial charge on any atom is -0.309 e. The summed E-state index contributed by atoms with van der Waals surface area (Å²) in [5.74, 6) is 0. The third-order valence-electron chi connectivity index (χ3n) is 19.3. The van der Waals surface area contributed by atoms with Crippen LogP contribution in [0.4, 0.5) is 34.1 Å². The zero-order valence-electron chi connectivity index (χ0n) is 53.8. The maximum Gasteiger partial charge on any atom is 0.0618 e.